The number of nitrogens with one attached hydrogen (secondary N) is 3. The van der Waals surface area contributed by atoms with Crippen molar-refractivity contribution in [3.8, 4) is 0 Å². The molecule has 0 heterocycles. The number of hydrogen-bond donors (Lipinski definition) is 3. The summed E-state index contributed by atoms with van der Waals surface area (Å²) in [4.78, 5) is 35.5. The number of rotatable bonds is 7. The molecule has 0 aromatic heterocycles. The summed E-state index contributed by atoms with van der Waals surface area (Å²) < 4.78 is 5.07. The molecule has 0 atom stereocenters. The fraction of sp³-hybridized carbons (Fsp3) is 0.450. The molecule has 1 aromatic carbocycles. The van der Waals surface area contributed by atoms with Crippen LogP contribution in [0.15, 0.2) is 35.9 Å². The predicted molar refractivity (Wildman–Crippen MR) is 105 cm³/mol. The lowest BCUT2D eigenvalue weighted by Gasteiger charge is -2.19. The van der Waals surface area contributed by atoms with Crippen molar-refractivity contribution in [3.05, 3.63) is 41.5 Å². The van der Waals surface area contributed by atoms with Gasteiger partial charge < -0.3 is 20.7 Å². The van der Waals surface area contributed by atoms with Gasteiger partial charge in [-0.15, -0.1) is 0 Å². The van der Waals surface area contributed by atoms with E-state index in [9.17, 15) is 14.4 Å². The third-order valence-electron chi connectivity index (χ3n) is 3.48. The Labute approximate surface area is 160 Å². The maximum Gasteiger partial charge on any atom is 0.408 e. The van der Waals surface area contributed by atoms with Gasteiger partial charge >= 0.3 is 6.09 Å². The summed E-state index contributed by atoms with van der Waals surface area (Å²) in [6.07, 6.45) is 1.71. The Morgan fingerprint density at radius 3 is 2.41 bits per heavy atom. The second-order valence-electron chi connectivity index (χ2n) is 7.12. The van der Waals surface area contributed by atoms with Crippen molar-refractivity contribution in [2.75, 3.05) is 11.9 Å². The van der Waals surface area contributed by atoms with Gasteiger partial charge in [-0.25, -0.2) is 4.79 Å². The van der Waals surface area contributed by atoms with Crippen LogP contribution >= 0.6 is 0 Å². The minimum absolute atomic E-state index is 0.193. The predicted octanol–water partition coefficient (Wildman–Crippen LogP) is 3.12. The SMILES string of the molecule is CC/C(C)=C/C(=O)Nc1ccccc1CNC(=O)CNC(=O)OC(C)(C)C. The molecule has 1 rings (SSSR count). The molecule has 7 heteroatoms. The fourth-order valence-corrected chi connectivity index (χ4v) is 2.01. The summed E-state index contributed by atoms with van der Waals surface area (Å²) in [5, 5.41) is 7.93. The van der Waals surface area contributed by atoms with Crippen molar-refractivity contribution in [3.63, 3.8) is 0 Å². The van der Waals surface area contributed by atoms with E-state index in [0.717, 1.165) is 17.6 Å². The Hall–Kier alpha value is -2.83. The maximum absolute atomic E-state index is 12.0. The molecule has 0 aliphatic carbocycles. The lowest BCUT2D eigenvalue weighted by molar-refractivity contribution is -0.120. The number of anilines is 1. The zero-order chi connectivity index (χ0) is 20.4. The van der Waals surface area contributed by atoms with E-state index in [-0.39, 0.29) is 24.9 Å². The summed E-state index contributed by atoms with van der Waals surface area (Å²) in [5.41, 5.74) is 1.75. The van der Waals surface area contributed by atoms with Crippen molar-refractivity contribution < 1.29 is 19.1 Å². The van der Waals surface area contributed by atoms with Crippen LogP contribution in [0, 0.1) is 0 Å². The highest BCUT2D eigenvalue weighted by Crippen LogP contribution is 2.15. The molecule has 0 spiro atoms. The Balaban J connectivity index is 2.56. The topological polar surface area (TPSA) is 96.5 Å². The van der Waals surface area contributed by atoms with Gasteiger partial charge in [-0.05, 0) is 45.7 Å². The van der Waals surface area contributed by atoms with E-state index in [0.29, 0.717) is 5.69 Å². The molecular formula is C20H29N3O4. The third-order valence-corrected chi connectivity index (χ3v) is 3.48. The smallest absolute Gasteiger partial charge is 0.408 e. The lowest BCUT2D eigenvalue weighted by Crippen LogP contribution is -2.39. The summed E-state index contributed by atoms with van der Waals surface area (Å²) in [6, 6.07) is 7.21. The molecule has 27 heavy (non-hydrogen) atoms. The molecule has 3 N–H and O–H groups in total. The van der Waals surface area contributed by atoms with E-state index >= 15 is 0 Å². The van der Waals surface area contributed by atoms with Crippen LogP contribution in [-0.4, -0.2) is 30.1 Å². The van der Waals surface area contributed by atoms with Gasteiger partial charge in [0.15, 0.2) is 0 Å². The largest absolute Gasteiger partial charge is 0.444 e. The van der Waals surface area contributed by atoms with E-state index in [1.54, 1.807) is 39.0 Å². The van der Waals surface area contributed by atoms with Gasteiger partial charge in [-0.3, -0.25) is 9.59 Å². The number of carbonyl (C=O) groups excluding carboxylic acids is 3. The fourth-order valence-electron chi connectivity index (χ4n) is 2.01. The number of amides is 3. The van der Waals surface area contributed by atoms with Crippen molar-refractivity contribution in [1.82, 2.24) is 10.6 Å². The number of benzene rings is 1. The first-order valence-electron chi connectivity index (χ1n) is 8.90. The van der Waals surface area contributed by atoms with Crippen LogP contribution in [0.5, 0.6) is 0 Å². The zero-order valence-electron chi connectivity index (χ0n) is 16.6. The summed E-state index contributed by atoms with van der Waals surface area (Å²) in [6.45, 7) is 9.14. The molecule has 0 saturated heterocycles. The molecule has 0 aliphatic heterocycles. The quantitative estimate of drug-likeness (QED) is 0.638. The van der Waals surface area contributed by atoms with Gasteiger partial charge in [0, 0.05) is 18.3 Å². The minimum atomic E-state index is -0.650. The first-order valence-corrected chi connectivity index (χ1v) is 8.90. The van der Waals surface area contributed by atoms with Crippen LogP contribution in [0.4, 0.5) is 10.5 Å². The van der Waals surface area contributed by atoms with Crippen LogP contribution in [0.3, 0.4) is 0 Å². The number of alkyl carbamates (subject to hydrolysis) is 1. The van der Waals surface area contributed by atoms with Crippen molar-refractivity contribution >= 4 is 23.6 Å². The molecule has 1 aromatic rings. The highest BCUT2D eigenvalue weighted by Gasteiger charge is 2.16. The van der Waals surface area contributed by atoms with Gasteiger partial charge in [0.25, 0.3) is 0 Å². The van der Waals surface area contributed by atoms with Crippen LogP contribution in [0.1, 0.15) is 46.6 Å². The zero-order valence-corrected chi connectivity index (χ0v) is 16.6. The first kappa shape index (κ1) is 22.2. The summed E-state index contributed by atoms with van der Waals surface area (Å²) >= 11 is 0. The van der Waals surface area contributed by atoms with Gasteiger partial charge in [-0.1, -0.05) is 30.7 Å². The Morgan fingerprint density at radius 2 is 1.78 bits per heavy atom. The Morgan fingerprint density at radius 1 is 1.11 bits per heavy atom. The van der Waals surface area contributed by atoms with Crippen molar-refractivity contribution in [2.45, 2.75) is 53.2 Å². The molecule has 0 aliphatic rings. The monoisotopic (exact) mass is 375 g/mol. The molecule has 148 valence electrons. The van der Waals surface area contributed by atoms with Crippen molar-refractivity contribution in [1.29, 1.82) is 0 Å². The lowest BCUT2D eigenvalue weighted by atomic mass is 10.1. The molecule has 7 nitrogen and oxygen atoms in total. The minimum Gasteiger partial charge on any atom is -0.444 e. The highest BCUT2D eigenvalue weighted by molar-refractivity contribution is 6.00. The van der Waals surface area contributed by atoms with Crippen LogP contribution < -0.4 is 16.0 Å². The number of hydrogen-bond acceptors (Lipinski definition) is 4. The van der Waals surface area contributed by atoms with E-state index in [1.165, 1.54) is 0 Å². The standard InChI is InChI=1S/C20H29N3O4/c1-6-14(2)11-17(24)23-16-10-8-7-9-15(16)12-21-18(25)13-22-19(26)27-20(3,4)5/h7-11H,6,12-13H2,1-5H3,(H,21,25)(H,22,26)(H,23,24)/b14-11+. The second-order valence-corrected chi connectivity index (χ2v) is 7.12. The van der Waals surface area contributed by atoms with E-state index in [4.69, 9.17) is 4.74 Å². The van der Waals surface area contributed by atoms with E-state index in [2.05, 4.69) is 16.0 Å². The number of carbonyl (C=O) groups is 3. The van der Waals surface area contributed by atoms with Gasteiger partial charge in [-0.2, -0.15) is 0 Å². The normalized spacial score (nSPS) is 11.5. The van der Waals surface area contributed by atoms with E-state index < -0.39 is 11.7 Å². The van der Waals surface area contributed by atoms with Gasteiger partial charge in [0.2, 0.25) is 11.8 Å². The highest BCUT2D eigenvalue weighted by atomic mass is 16.6. The van der Waals surface area contributed by atoms with Crippen LogP contribution in [0.2, 0.25) is 0 Å². The molecule has 0 fully saturated rings. The molecule has 0 radical (unpaired) electrons. The molecule has 3 amide bonds. The molecular weight excluding hydrogens is 346 g/mol. The second kappa shape index (κ2) is 10.4. The van der Waals surface area contributed by atoms with Crippen molar-refractivity contribution in [2.24, 2.45) is 0 Å². The van der Waals surface area contributed by atoms with Crippen LogP contribution in [0.25, 0.3) is 0 Å². The van der Waals surface area contributed by atoms with Gasteiger partial charge in [0.05, 0.1) is 0 Å². The molecule has 0 bridgehead atoms. The first-order chi connectivity index (χ1) is 12.6. The Bertz CT molecular complexity index is 705. The Kier molecular flexibility index (Phi) is 8.51. The molecule has 0 unspecified atom stereocenters. The maximum atomic E-state index is 12.0. The third kappa shape index (κ3) is 9.44. The average Bonchev–Trinajstić information content (AvgIpc) is 2.57. The number of para-hydroxylation sites is 1. The van der Waals surface area contributed by atoms with Crippen LogP contribution in [-0.2, 0) is 20.9 Å². The number of allylic oxidation sites excluding steroid dienone is 1. The summed E-state index contributed by atoms with van der Waals surface area (Å²) in [7, 11) is 0. The average molecular weight is 375 g/mol. The van der Waals surface area contributed by atoms with Gasteiger partial charge in [0.1, 0.15) is 12.1 Å². The molecule has 0 saturated carbocycles. The van der Waals surface area contributed by atoms with E-state index in [1.807, 2.05) is 26.0 Å². The number of ether oxygens (including phenoxy) is 1. The summed E-state index contributed by atoms with van der Waals surface area (Å²) in [5.74, 6) is -0.566.